The minimum absolute atomic E-state index is 0.250. The van der Waals surface area contributed by atoms with E-state index in [1.54, 1.807) is 6.92 Å². The average Bonchev–Trinajstić information content (AvgIpc) is 1.78. The van der Waals surface area contributed by atoms with Crippen LogP contribution in [0.25, 0.3) is 0 Å². The Morgan fingerprint density at radius 3 is 1.14 bits per heavy atom. The molecular formula is C4H12Cl2O. The van der Waals surface area contributed by atoms with Crippen molar-refractivity contribution in [1.82, 2.24) is 0 Å². The molecule has 0 fully saturated rings. The molecule has 0 heterocycles. The van der Waals surface area contributed by atoms with Crippen LogP contribution in [0.1, 0.15) is 6.92 Å². The first-order valence-corrected chi connectivity index (χ1v) is 3.29. The highest BCUT2D eigenvalue weighted by molar-refractivity contribution is 6.15. The first-order valence-electron chi connectivity index (χ1n) is 1.78. The Balaban J connectivity index is -0.0000000360. The molecule has 0 aliphatic carbocycles. The second-order valence-corrected chi connectivity index (χ2v) is 0.316. The van der Waals surface area contributed by atoms with Gasteiger partial charge in [-0.3, -0.25) is 0 Å². The van der Waals surface area contributed by atoms with Crippen molar-refractivity contribution < 1.29 is 5.11 Å². The van der Waals surface area contributed by atoms with Crippen LogP contribution in [0.5, 0.6) is 0 Å². The fourth-order valence-electron chi connectivity index (χ4n) is 0. The smallest absolute Gasteiger partial charge is 0.0402 e. The molecule has 0 atom stereocenters. The van der Waals surface area contributed by atoms with Crippen molar-refractivity contribution in [3.8, 4) is 0 Å². The molecule has 0 amide bonds. The van der Waals surface area contributed by atoms with E-state index < -0.39 is 0 Å². The first-order chi connectivity index (χ1) is 3.41. The SMILES string of the molecule is CCO.CCl.CCl. The van der Waals surface area contributed by atoms with Crippen LogP contribution in [0.3, 0.4) is 0 Å². The highest BCUT2D eigenvalue weighted by Crippen LogP contribution is 1.34. The lowest BCUT2D eigenvalue weighted by molar-refractivity contribution is 0.318. The zero-order valence-electron chi connectivity index (χ0n) is 4.91. The number of hydrogen-bond donors (Lipinski definition) is 1. The van der Waals surface area contributed by atoms with E-state index in [-0.39, 0.29) is 6.61 Å². The molecule has 0 aromatic carbocycles. The summed E-state index contributed by atoms with van der Waals surface area (Å²) < 4.78 is 0. The molecule has 0 aliphatic rings. The van der Waals surface area contributed by atoms with Gasteiger partial charge in [0.15, 0.2) is 0 Å². The summed E-state index contributed by atoms with van der Waals surface area (Å²) in [5, 5.41) is 7.57. The van der Waals surface area contributed by atoms with Crippen molar-refractivity contribution in [1.29, 1.82) is 0 Å². The summed E-state index contributed by atoms with van der Waals surface area (Å²) in [4.78, 5) is 0. The Morgan fingerprint density at radius 1 is 1.14 bits per heavy atom. The number of halogens is 2. The zero-order chi connectivity index (χ0) is 6.71. The van der Waals surface area contributed by atoms with Gasteiger partial charge in [-0.15, -0.1) is 23.2 Å². The third-order valence-electron chi connectivity index (χ3n) is 0. The fraction of sp³-hybridized carbons (Fsp3) is 1.00. The normalized spacial score (nSPS) is 4.29. The quantitative estimate of drug-likeness (QED) is 0.517. The molecule has 0 aromatic rings. The number of rotatable bonds is 0. The molecule has 7 heavy (non-hydrogen) atoms. The average molecular weight is 147 g/mol. The summed E-state index contributed by atoms with van der Waals surface area (Å²) in [5.74, 6) is 0. The Kier molecular flexibility index (Phi) is 189. The number of hydrogen-bond acceptors (Lipinski definition) is 1. The lowest BCUT2D eigenvalue weighted by Gasteiger charge is -1.52. The van der Waals surface area contributed by atoms with Gasteiger partial charge < -0.3 is 5.11 Å². The lowest BCUT2D eigenvalue weighted by atomic mass is 10.9. The number of aliphatic hydroxyl groups excluding tert-OH is 1. The Labute approximate surface area is 55.2 Å². The summed E-state index contributed by atoms with van der Waals surface area (Å²) in [6, 6.07) is 0. The Hall–Kier alpha value is 0.540. The van der Waals surface area contributed by atoms with Crippen molar-refractivity contribution in [2.24, 2.45) is 0 Å². The van der Waals surface area contributed by atoms with Crippen molar-refractivity contribution >= 4 is 23.2 Å². The van der Waals surface area contributed by atoms with Gasteiger partial charge in [0.2, 0.25) is 0 Å². The maximum atomic E-state index is 7.57. The van der Waals surface area contributed by atoms with E-state index in [0.717, 1.165) is 0 Å². The highest BCUT2D eigenvalue weighted by atomic mass is 35.5. The number of aliphatic hydroxyl groups is 1. The predicted molar refractivity (Wildman–Crippen MR) is 36.3 cm³/mol. The second-order valence-electron chi connectivity index (χ2n) is 0.316. The molecule has 0 bridgehead atoms. The van der Waals surface area contributed by atoms with Crippen LogP contribution in [-0.2, 0) is 0 Å². The maximum absolute atomic E-state index is 7.57. The lowest BCUT2D eigenvalue weighted by Crippen LogP contribution is -1.57. The van der Waals surface area contributed by atoms with E-state index in [4.69, 9.17) is 5.11 Å². The zero-order valence-corrected chi connectivity index (χ0v) is 6.42. The maximum Gasteiger partial charge on any atom is 0.0402 e. The summed E-state index contributed by atoms with van der Waals surface area (Å²) >= 11 is 9.28. The van der Waals surface area contributed by atoms with Crippen molar-refractivity contribution in [3.05, 3.63) is 0 Å². The molecule has 0 aromatic heterocycles. The van der Waals surface area contributed by atoms with Gasteiger partial charge in [-0.2, -0.15) is 0 Å². The molecule has 48 valence electrons. The summed E-state index contributed by atoms with van der Waals surface area (Å²) in [7, 11) is 0. The van der Waals surface area contributed by atoms with Crippen molar-refractivity contribution in [2.45, 2.75) is 6.92 Å². The molecule has 0 saturated heterocycles. The third-order valence-corrected chi connectivity index (χ3v) is 0. The van der Waals surface area contributed by atoms with E-state index in [1.165, 1.54) is 12.8 Å². The van der Waals surface area contributed by atoms with Gasteiger partial charge >= 0.3 is 0 Å². The van der Waals surface area contributed by atoms with Gasteiger partial charge in [0, 0.05) is 19.4 Å². The molecule has 0 spiro atoms. The predicted octanol–water partition coefficient (Wildman–Crippen LogP) is 1.71. The van der Waals surface area contributed by atoms with E-state index in [9.17, 15) is 0 Å². The van der Waals surface area contributed by atoms with Gasteiger partial charge in [0.25, 0.3) is 0 Å². The van der Waals surface area contributed by atoms with E-state index in [2.05, 4.69) is 23.2 Å². The minimum Gasteiger partial charge on any atom is -0.397 e. The minimum atomic E-state index is 0.250. The molecule has 1 N–H and O–H groups in total. The summed E-state index contributed by atoms with van der Waals surface area (Å²) in [5.41, 5.74) is 0. The summed E-state index contributed by atoms with van der Waals surface area (Å²) in [6.45, 7) is 1.93. The summed E-state index contributed by atoms with van der Waals surface area (Å²) in [6.07, 6.45) is 2.94. The van der Waals surface area contributed by atoms with E-state index in [1.807, 2.05) is 0 Å². The molecule has 3 heteroatoms. The fourth-order valence-corrected chi connectivity index (χ4v) is 0. The third kappa shape index (κ3) is 462. The van der Waals surface area contributed by atoms with E-state index in [0.29, 0.717) is 0 Å². The standard InChI is InChI=1S/C2H6O.2CH3Cl/c1-2-3;2*1-2/h3H,2H2,1H3;2*1H3. The van der Waals surface area contributed by atoms with Crippen LogP contribution in [0.2, 0.25) is 0 Å². The molecule has 0 rings (SSSR count). The van der Waals surface area contributed by atoms with Crippen molar-refractivity contribution in [3.63, 3.8) is 0 Å². The van der Waals surface area contributed by atoms with Crippen LogP contribution in [0.4, 0.5) is 0 Å². The molecule has 0 saturated carbocycles. The molecular weight excluding hydrogens is 135 g/mol. The Bertz CT molecular complexity index is 9.65. The monoisotopic (exact) mass is 146 g/mol. The topological polar surface area (TPSA) is 20.2 Å². The second kappa shape index (κ2) is 84.6. The van der Waals surface area contributed by atoms with E-state index >= 15 is 0 Å². The van der Waals surface area contributed by atoms with Crippen LogP contribution in [0, 0.1) is 0 Å². The van der Waals surface area contributed by atoms with Crippen LogP contribution < -0.4 is 0 Å². The largest absolute Gasteiger partial charge is 0.397 e. The van der Waals surface area contributed by atoms with Gasteiger partial charge in [0.1, 0.15) is 0 Å². The molecule has 0 radical (unpaired) electrons. The Morgan fingerprint density at radius 2 is 1.14 bits per heavy atom. The van der Waals surface area contributed by atoms with Gasteiger partial charge in [-0.05, 0) is 6.92 Å². The molecule has 0 aliphatic heterocycles. The molecule has 1 nitrogen and oxygen atoms in total. The molecule has 0 unspecified atom stereocenters. The van der Waals surface area contributed by atoms with Crippen LogP contribution in [-0.4, -0.2) is 24.5 Å². The number of alkyl halides is 2. The van der Waals surface area contributed by atoms with Crippen LogP contribution in [0.15, 0.2) is 0 Å². The van der Waals surface area contributed by atoms with Crippen molar-refractivity contribution in [2.75, 3.05) is 19.4 Å². The van der Waals surface area contributed by atoms with Gasteiger partial charge in [0.05, 0.1) is 0 Å². The highest BCUT2D eigenvalue weighted by Gasteiger charge is 1.34. The van der Waals surface area contributed by atoms with Gasteiger partial charge in [-0.1, -0.05) is 0 Å². The van der Waals surface area contributed by atoms with Crippen LogP contribution >= 0.6 is 23.2 Å². The van der Waals surface area contributed by atoms with Gasteiger partial charge in [-0.25, -0.2) is 0 Å². The first kappa shape index (κ1) is 15.6.